The Kier molecular flexibility index (Phi) is 8.63. The Labute approximate surface area is 196 Å². The van der Waals surface area contributed by atoms with Gasteiger partial charge in [-0.05, 0) is 48.4 Å². The maximum atomic E-state index is 12.9. The first-order chi connectivity index (χ1) is 15.9. The SMILES string of the molecule is CCCCCOc1ccccc1C(=O)Nc1ccc(S(=O)(=O)N(C)Cc2ccccc2)cc1. The smallest absolute Gasteiger partial charge is 0.259 e. The molecule has 0 aliphatic heterocycles. The maximum Gasteiger partial charge on any atom is 0.259 e. The molecule has 174 valence electrons. The van der Waals surface area contributed by atoms with Crippen LogP contribution < -0.4 is 10.1 Å². The summed E-state index contributed by atoms with van der Waals surface area (Å²) in [4.78, 5) is 13.0. The van der Waals surface area contributed by atoms with Gasteiger partial charge in [-0.2, -0.15) is 4.31 Å². The highest BCUT2D eigenvalue weighted by atomic mass is 32.2. The quantitative estimate of drug-likeness (QED) is 0.388. The molecule has 1 amide bonds. The summed E-state index contributed by atoms with van der Waals surface area (Å²) in [5.74, 6) is 0.228. The first-order valence-corrected chi connectivity index (χ1v) is 12.5. The van der Waals surface area contributed by atoms with Crippen molar-refractivity contribution >= 4 is 21.6 Å². The molecule has 3 rings (SSSR count). The molecule has 1 N–H and O–H groups in total. The molecule has 0 saturated carbocycles. The molecule has 3 aromatic carbocycles. The fourth-order valence-electron chi connectivity index (χ4n) is 3.33. The third kappa shape index (κ3) is 6.66. The van der Waals surface area contributed by atoms with Crippen LogP contribution in [0.5, 0.6) is 5.75 Å². The summed E-state index contributed by atoms with van der Waals surface area (Å²) < 4.78 is 32.9. The number of carbonyl (C=O) groups is 1. The zero-order valence-electron chi connectivity index (χ0n) is 19.0. The van der Waals surface area contributed by atoms with Crippen molar-refractivity contribution in [2.24, 2.45) is 0 Å². The van der Waals surface area contributed by atoms with Gasteiger partial charge in [0.25, 0.3) is 5.91 Å². The van der Waals surface area contributed by atoms with Crippen molar-refractivity contribution < 1.29 is 17.9 Å². The summed E-state index contributed by atoms with van der Waals surface area (Å²) in [7, 11) is -2.10. The van der Waals surface area contributed by atoms with E-state index in [9.17, 15) is 13.2 Å². The molecule has 0 radical (unpaired) electrons. The molecule has 6 nitrogen and oxygen atoms in total. The van der Waals surface area contributed by atoms with E-state index in [4.69, 9.17) is 4.74 Å². The van der Waals surface area contributed by atoms with Gasteiger partial charge in [-0.25, -0.2) is 8.42 Å². The van der Waals surface area contributed by atoms with E-state index in [-0.39, 0.29) is 17.3 Å². The van der Waals surface area contributed by atoms with Gasteiger partial charge >= 0.3 is 0 Å². The lowest BCUT2D eigenvalue weighted by Gasteiger charge is -2.17. The van der Waals surface area contributed by atoms with Gasteiger partial charge in [0.05, 0.1) is 17.1 Å². The Bertz CT molecular complexity index is 1150. The third-order valence-corrected chi connectivity index (χ3v) is 7.02. The van der Waals surface area contributed by atoms with Crippen molar-refractivity contribution in [3.05, 3.63) is 90.0 Å². The average Bonchev–Trinajstić information content (AvgIpc) is 2.83. The molecule has 0 heterocycles. The Morgan fingerprint density at radius 2 is 1.58 bits per heavy atom. The Hall–Kier alpha value is -3.16. The van der Waals surface area contributed by atoms with Crippen LogP contribution in [-0.2, 0) is 16.6 Å². The number of hydrogen-bond donors (Lipinski definition) is 1. The summed E-state index contributed by atoms with van der Waals surface area (Å²) in [6.07, 6.45) is 3.10. The average molecular weight is 467 g/mol. The number of anilines is 1. The second kappa shape index (κ2) is 11.6. The van der Waals surface area contributed by atoms with Gasteiger partial charge in [-0.1, -0.05) is 62.2 Å². The molecule has 7 heteroatoms. The highest BCUT2D eigenvalue weighted by Crippen LogP contribution is 2.22. The van der Waals surface area contributed by atoms with Crippen LogP contribution in [-0.4, -0.2) is 32.3 Å². The Balaban J connectivity index is 1.66. The Morgan fingerprint density at radius 1 is 0.909 bits per heavy atom. The molecule has 0 aliphatic rings. The minimum Gasteiger partial charge on any atom is -0.493 e. The van der Waals surface area contributed by atoms with Gasteiger partial charge in [0.1, 0.15) is 5.75 Å². The van der Waals surface area contributed by atoms with E-state index in [0.29, 0.717) is 23.6 Å². The lowest BCUT2D eigenvalue weighted by molar-refractivity contribution is 0.102. The van der Waals surface area contributed by atoms with Crippen LogP contribution in [0.15, 0.2) is 83.8 Å². The molecular formula is C26H30N2O4S. The number of benzene rings is 3. The monoisotopic (exact) mass is 466 g/mol. The van der Waals surface area contributed by atoms with E-state index >= 15 is 0 Å². The molecule has 3 aromatic rings. The molecule has 33 heavy (non-hydrogen) atoms. The zero-order chi connectivity index (χ0) is 23.7. The van der Waals surface area contributed by atoms with Crippen molar-refractivity contribution in [1.29, 1.82) is 0 Å². The van der Waals surface area contributed by atoms with Crippen LogP contribution >= 0.6 is 0 Å². The van der Waals surface area contributed by atoms with Crippen LogP contribution in [0.1, 0.15) is 42.1 Å². The molecular weight excluding hydrogens is 436 g/mol. The molecule has 0 unspecified atom stereocenters. The third-order valence-electron chi connectivity index (χ3n) is 5.21. The molecule has 0 aromatic heterocycles. The van der Waals surface area contributed by atoms with Crippen LogP contribution in [0, 0.1) is 0 Å². The van der Waals surface area contributed by atoms with E-state index in [1.807, 2.05) is 36.4 Å². The molecule has 0 spiro atoms. The maximum absolute atomic E-state index is 12.9. The standard InChI is InChI=1S/C26H30N2O4S/c1-3-4-10-19-32-25-14-9-8-13-24(25)26(29)27-22-15-17-23(18-16-22)33(30,31)28(2)20-21-11-6-5-7-12-21/h5-9,11-18H,3-4,10,19-20H2,1-2H3,(H,27,29). The summed E-state index contributed by atoms with van der Waals surface area (Å²) in [5, 5.41) is 2.82. The first kappa shape index (κ1) is 24.5. The van der Waals surface area contributed by atoms with Gasteiger partial charge in [0.15, 0.2) is 0 Å². The molecule has 0 atom stereocenters. The fourth-order valence-corrected chi connectivity index (χ4v) is 4.49. The second-order valence-electron chi connectivity index (χ2n) is 7.78. The van der Waals surface area contributed by atoms with Crippen molar-refractivity contribution in [3.63, 3.8) is 0 Å². The Morgan fingerprint density at radius 3 is 2.27 bits per heavy atom. The number of nitrogens with zero attached hydrogens (tertiary/aromatic N) is 1. The van der Waals surface area contributed by atoms with E-state index in [2.05, 4.69) is 12.2 Å². The lowest BCUT2D eigenvalue weighted by Crippen LogP contribution is -2.26. The van der Waals surface area contributed by atoms with Gasteiger partial charge in [-0.3, -0.25) is 4.79 Å². The number of nitrogens with one attached hydrogen (secondary N) is 1. The summed E-state index contributed by atoms with van der Waals surface area (Å²) in [6, 6.07) is 22.7. The van der Waals surface area contributed by atoms with Crippen LogP contribution in [0.4, 0.5) is 5.69 Å². The zero-order valence-corrected chi connectivity index (χ0v) is 19.8. The van der Waals surface area contributed by atoms with E-state index in [1.165, 1.54) is 16.4 Å². The normalized spacial score (nSPS) is 11.4. The van der Waals surface area contributed by atoms with E-state index in [1.54, 1.807) is 37.4 Å². The summed E-state index contributed by atoms with van der Waals surface area (Å²) in [5.41, 5.74) is 1.85. The first-order valence-electron chi connectivity index (χ1n) is 11.1. The molecule has 0 fully saturated rings. The predicted molar refractivity (Wildman–Crippen MR) is 131 cm³/mol. The van der Waals surface area contributed by atoms with Crippen molar-refractivity contribution in [2.45, 2.75) is 37.6 Å². The minimum absolute atomic E-state index is 0.165. The largest absolute Gasteiger partial charge is 0.493 e. The lowest BCUT2D eigenvalue weighted by atomic mass is 10.2. The topological polar surface area (TPSA) is 75.7 Å². The number of ether oxygens (including phenoxy) is 1. The number of carbonyl (C=O) groups excluding carboxylic acids is 1. The van der Waals surface area contributed by atoms with Crippen molar-refractivity contribution in [2.75, 3.05) is 19.0 Å². The van der Waals surface area contributed by atoms with E-state index < -0.39 is 10.0 Å². The molecule has 0 saturated heterocycles. The molecule has 0 aliphatic carbocycles. The van der Waals surface area contributed by atoms with Crippen LogP contribution in [0.25, 0.3) is 0 Å². The second-order valence-corrected chi connectivity index (χ2v) is 9.82. The number of unbranched alkanes of at least 4 members (excludes halogenated alkanes) is 2. The van der Waals surface area contributed by atoms with Crippen molar-refractivity contribution in [3.8, 4) is 5.75 Å². The fraction of sp³-hybridized carbons (Fsp3) is 0.269. The number of rotatable bonds is 11. The number of hydrogen-bond acceptors (Lipinski definition) is 4. The van der Waals surface area contributed by atoms with Crippen LogP contribution in [0.3, 0.4) is 0 Å². The van der Waals surface area contributed by atoms with Crippen LogP contribution in [0.2, 0.25) is 0 Å². The van der Waals surface area contributed by atoms with Gasteiger partial charge in [0.2, 0.25) is 10.0 Å². The van der Waals surface area contributed by atoms with E-state index in [0.717, 1.165) is 24.8 Å². The summed E-state index contributed by atoms with van der Waals surface area (Å²) >= 11 is 0. The number of sulfonamides is 1. The highest BCUT2D eigenvalue weighted by molar-refractivity contribution is 7.89. The number of amides is 1. The van der Waals surface area contributed by atoms with Crippen molar-refractivity contribution in [1.82, 2.24) is 4.31 Å². The highest BCUT2D eigenvalue weighted by Gasteiger charge is 2.21. The van der Waals surface area contributed by atoms with Gasteiger partial charge < -0.3 is 10.1 Å². The van der Waals surface area contributed by atoms with Gasteiger partial charge in [-0.15, -0.1) is 0 Å². The summed E-state index contributed by atoms with van der Waals surface area (Å²) in [6.45, 7) is 2.96. The molecule has 0 bridgehead atoms. The minimum atomic E-state index is -3.66. The van der Waals surface area contributed by atoms with Gasteiger partial charge in [0, 0.05) is 19.3 Å². The predicted octanol–water partition coefficient (Wildman–Crippen LogP) is 5.33. The number of para-hydroxylation sites is 1.